The van der Waals surface area contributed by atoms with Crippen molar-refractivity contribution in [1.82, 2.24) is 4.98 Å². The minimum Gasteiger partial charge on any atom is -0.466 e. The van der Waals surface area contributed by atoms with Crippen LogP contribution in [-0.2, 0) is 9.53 Å². The molecule has 0 aromatic carbocycles. The summed E-state index contributed by atoms with van der Waals surface area (Å²) in [5.41, 5.74) is 0. The minimum atomic E-state index is -0.135. The summed E-state index contributed by atoms with van der Waals surface area (Å²) < 4.78 is 4.81. The summed E-state index contributed by atoms with van der Waals surface area (Å²) in [7, 11) is 0. The van der Waals surface area contributed by atoms with E-state index in [4.69, 9.17) is 4.74 Å². The average Bonchev–Trinajstić information content (AvgIpc) is 2.20. The first kappa shape index (κ1) is 11.0. The van der Waals surface area contributed by atoms with Gasteiger partial charge in [0.15, 0.2) is 0 Å². The fourth-order valence-corrected chi connectivity index (χ4v) is 1.73. The molecule has 0 atom stereocenters. The third-order valence-corrected chi connectivity index (χ3v) is 2.50. The smallest absolute Gasteiger partial charge is 0.306 e. The molecule has 0 radical (unpaired) electrons. The molecule has 4 heteroatoms. The van der Waals surface area contributed by atoms with Gasteiger partial charge in [0.1, 0.15) is 0 Å². The van der Waals surface area contributed by atoms with Crippen molar-refractivity contribution < 1.29 is 9.53 Å². The zero-order valence-corrected chi connectivity index (χ0v) is 8.92. The molecule has 0 unspecified atom stereocenters. The van der Waals surface area contributed by atoms with Crippen LogP contribution in [0.4, 0.5) is 0 Å². The van der Waals surface area contributed by atoms with E-state index in [0.717, 1.165) is 10.6 Å². The summed E-state index contributed by atoms with van der Waals surface area (Å²) in [4.78, 5) is 16.0. The SMILES string of the molecule is CCOC(=O)CCSc1cccnc1. The number of hydrogen-bond donors (Lipinski definition) is 0. The highest BCUT2D eigenvalue weighted by Gasteiger charge is 2.01. The Hall–Kier alpha value is -1.03. The molecule has 76 valence electrons. The molecular weight excluding hydrogens is 198 g/mol. The summed E-state index contributed by atoms with van der Waals surface area (Å²) in [5, 5.41) is 0. The third kappa shape index (κ3) is 4.28. The maximum absolute atomic E-state index is 11.0. The number of nitrogens with zero attached hydrogens (tertiary/aromatic N) is 1. The topological polar surface area (TPSA) is 39.2 Å². The lowest BCUT2D eigenvalue weighted by Crippen LogP contribution is -2.04. The number of aromatic nitrogens is 1. The van der Waals surface area contributed by atoms with E-state index in [1.54, 1.807) is 24.2 Å². The van der Waals surface area contributed by atoms with Gasteiger partial charge in [-0.3, -0.25) is 9.78 Å². The second kappa shape index (κ2) is 6.43. The van der Waals surface area contributed by atoms with Crippen LogP contribution in [0.25, 0.3) is 0 Å². The van der Waals surface area contributed by atoms with E-state index in [-0.39, 0.29) is 5.97 Å². The molecule has 1 aromatic heterocycles. The van der Waals surface area contributed by atoms with E-state index in [9.17, 15) is 4.79 Å². The summed E-state index contributed by atoms with van der Waals surface area (Å²) in [6.45, 7) is 2.27. The lowest BCUT2D eigenvalue weighted by molar-refractivity contribution is -0.142. The standard InChI is InChI=1S/C10H13NO2S/c1-2-13-10(12)5-7-14-9-4-3-6-11-8-9/h3-4,6,8H,2,5,7H2,1H3. The van der Waals surface area contributed by atoms with Crippen LogP contribution in [-0.4, -0.2) is 23.3 Å². The number of esters is 1. The monoisotopic (exact) mass is 211 g/mol. The van der Waals surface area contributed by atoms with E-state index in [1.807, 2.05) is 19.1 Å². The molecule has 14 heavy (non-hydrogen) atoms. The molecule has 0 aliphatic heterocycles. The average molecular weight is 211 g/mol. The number of rotatable bonds is 5. The first-order valence-electron chi connectivity index (χ1n) is 4.51. The molecule has 3 nitrogen and oxygen atoms in total. The van der Waals surface area contributed by atoms with Crippen molar-refractivity contribution in [3.63, 3.8) is 0 Å². The molecule has 1 rings (SSSR count). The van der Waals surface area contributed by atoms with Crippen molar-refractivity contribution in [1.29, 1.82) is 0 Å². The molecule has 0 aliphatic carbocycles. The largest absolute Gasteiger partial charge is 0.466 e. The summed E-state index contributed by atoms with van der Waals surface area (Å²) in [6, 6.07) is 3.86. The molecule has 0 amide bonds. The van der Waals surface area contributed by atoms with Gasteiger partial charge in [-0.2, -0.15) is 0 Å². The Kier molecular flexibility index (Phi) is 5.07. The number of hydrogen-bond acceptors (Lipinski definition) is 4. The van der Waals surface area contributed by atoms with Crippen LogP contribution in [0.1, 0.15) is 13.3 Å². The lowest BCUT2D eigenvalue weighted by atomic mass is 10.5. The van der Waals surface area contributed by atoms with Crippen LogP contribution >= 0.6 is 11.8 Å². The van der Waals surface area contributed by atoms with Gasteiger partial charge in [0, 0.05) is 23.0 Å². The van der Waals surface area contributed by atoms with Crippen LogP contribution < -0.4 is 0 Å². The predicted octanol–water partition coefficient (Wildman–Crippen LogP) is 2.13. The van der Waals surface area contributed by atoms with E-state index in [0.29, 0.717) is 13.0 Å². The van der Waals surface area contributed by atoms with Crippen molar-refractivity contribution in [2.45, 2.75) is 18.2 Å². The summed E-state index contributed by atoms with van der Waals surface area (Å²) in [5.74, 6) is 0.605. The number of carbonyl (C=O) groups is 1. The fourth-order valence-electron chi connectivity index (χ4n) is 0.918. The Morgan fingerprint density at radius 2 is 2.50 bits per heavy atom. The molecule has 0 N–H and O–H groups in total. The van der Waals surface area contributed by atoms with Gasteiger partial charge in [0.25, 0.3) is 0 Å². The van der Waals surface area contributed by atoms with Gasteiger partial charge in [-0.25, -0.2) is 0 Å². The minimum absolute atomic E-state index is 0.135. The maximum Gasteiger partial charge on any atom is 0.306 e. The number of ether oxygens (including phenoxy) is 1. The Bertz CT molecular complexity index is 277. The molecule has 0 aliphatic rings. The quantitative estimate of drug-likeness (QED) is 0.552. The van der Waals surface area contributed by atoms with Crippen molar-refractivity contribution in [2.75, 3.05) is 12.4 Å². The Morgan fingerprint density at radius 1 is 1.64 bits per heavy atom. The van der Waals surface area contributed by atoms with Crippen LogP contribution in [0.3, 0.4) is 0 Å². The van der Waals surface area contributed by atoms with Gasteiger partial charge in [0.05, 0.1) is 13.0 Å². The Morgan fingerprint density at radius 3 is 3.14 bits per heavy atom. The molecular formula is C10H13NO2S. The number of thioether (sulfide) groups is 1. The first-order valence-corrected chi connectivity index (χ1v) is 5.50. The Balaban J connectivity index is 2.19. The summed E-state index contributed by atoms with van der Waals surface area (Å²) >= 11 is 1.61. The van der Waals surface area contributed by atoms with Gasteiger partial charge < -0.3 is 4.74 Å². The zero-order valence-electron chi connectivity index (χ0n) is 8.10. The van der Waals surface area contributed by atoms with Crippen molar-refractivity contribution >= 4 is 17.7 Å². The zero-order chi connectivity index (χ0) is 10.2. The fraction of sp³-hybridized carbons (Fsp3) is 0.400. The van der Waals surface area contributed by atoms with Crippen LogP contribution in [0.2, 0.25) is 0 Å². The first-order chi connectivity index (χ1) is 6.83. The Labute approximate surface area is 87.9 Å². The van der Waals surface area contributed by atoms with Gasteiger partial charge in [-0.15, -0.1) is 11.8 Å². The third-order valence-electron chi connectivity index (χ3n) is 1.51. The van der Waals surface area contributed by atoms with Gasteiger partial charge in [-0.05, 0) is 19.1 Å². The number of carbonyl (C=O) groups excluding carboxylic acids is 1. The van der Waals surface area contributed by atoms with E-state index < -0.39 is 0 Å². The highest BCUT2D eigenvalue weighted by Crippen LogP contribution is 2.16. The van der Waals surface area contributed by atoms with Gasteiger partial charge in [0.2, 0.25) is 0 Å². The highest BCUT2D eigenvalue weighted by molar-refractivity contribution is 7.99. The maximum atomic E-state index is 11.0. The van der Waals surface area contributed by atoms with Crippen LogP contribution in [0, 0.1) is 0 Å². The molecule has 0 spiro atoms. The van der Waals surface area contributed by atoms with Crippen LogP contribution in [0.15, 0.2) is 29.4 Å². The van der Waals surface area contributed by atoms with E-state index >= 15 is 0 Å². The summed E-state index contributed by atoms with van der Waals surface area (Å²) in [6.07, 6.45) is 3.97. The van der Waals surface area contributed by atoms with Crippen molar-refractivity contribution in [2.24, 2.45) is 0 Å². The number of pyridine rings is 1. The van der Waals surface area contributed by atoms with E-state index in [2.05, 4.69) is 4.98 Å². The lowest BCUT2D eigenvalue weighted by Gasteiger charge is -2.01. The molecule has 0 bridgehead atoms. The second-order valence-corrected chi connectivity index (χ2v) is 3.76. The molecule has 1 aromatic rings. The highest BCUT2D eigenvalue weighted by atomic mass is 32.2. The van der Waals surface area contributed by atoms with Gasteiger partial charge in [-0.1, -0.05) is 0 Å². The second-order valence-electron chi connectivity index (χ2n) is 2.59. The van der Waals surface area contributed by atoms with Crippen molar-refractivity contribution in [3.8, 4) is 0 Å². The normalized spacial score (nSPS) is 9.79. The van der Waals surface area contributed by atoms with Crippen LogP contribution in [0.5, 0.6) is 0 Å². The molecule has 0 fully saturated rings. The van der Waals surface area contributed by atoms with Crippen molar-refractivity contribution in [3.05, 3.63) is 24.5 Å². The van der Waals surface area contributed by atoms with E-state index in [1.165, 1.54) is 0 Å². The molecule has 0 saturated carbocycles. The molecule has 0 saturated heterocycles. The van der Waals surface area contributed by atoms with Gasteiger partial charge >= 0.3 is 5.97 Å². The predicted molar refractivity (Wildman–Crippen MR) is 56.2 cm³/mol. The molecule has 1 heterocycles.